The number of carbonyl (C=O) groups excluding carboxylic acids is 5. The second-order valence-corrected chi connectivity index (χ2v) is 27.3. The van der Waals surface area contributed by atoms with Crippen molar-refractivity contribution in [1.82, 2.24) is 35.9 Å². The van der Waals surface area contributed by atoms with E-state index >= 15 is 0 Å². The number of nitrogens with zero attached hydrogens (tertiary/aromatic N) is 3. The molecule has 2 heterocycles. The van der Waals surface area contributed by atoms with Crippen LogP contribution in [0.1, 0.15) is 248 Å². The van der Waals surface area contributed by atoms with Crippen molar-refractivity contribution in [2.45, 2.75) is 251 Å². The van der Waals surface area contributed by atoms with Crippen molar-refractivity contribution in [1.29, 1.82) is 0 Å². The molecular weight excluding hydrogens is 1880 g/mol. The number of carboxylic acids is 1. The molecule has 0 fully saturated rings. The number of anilines is 2. The number of ether oxygens (including phenoxy) is 3. The van der Waals surface area contributed by atoms with Crippen molar-refractivity contribution in [3.63, 3.8) is 0 Å². The number of phosphoric acid groups is 1. The molecule has 0 aliphatic rings. The van der Waals surface area contributed by atoms with E-state index < -0.39 is 94.4 Å². The smallest absolute Gasteiger partial charge is 0.472 e. The summed E-state index contributed by atoms with van der Waals surface area (Å²) in [6, 6.07) is 4.46. The maximum atomic E-state index is 12.9. The first-order valence-electron chi connectivity index (χ1n) is 40.6. The summed E-state index contributed by atoms with van der Waals surface area (Å²) in [5.41, 5.74) is 6.07. The van der Waals surface area contributed by atoms with Crippen molar-refractivity contribution in [2.75, 3.05) is 50.6 Å². The zero-order valence-electron chi connectivity index (χ0n) is 71.7. The minimum atomic E-state index is -4.78. The molecule has 0 bridgehead atoms. The molecule has 2 aromatic heterocycles. The molecule has 3 atom stereocenters. The number of aromatic amines is 1. The van der Waals surface area contributed by atoms with Gasteiger partial charge in [-0.05, 0) is 83.8 Å². The number of carboxylic acid groups (broad SMARTS) is 1. The third-order valence-electron chi connectivity index (χ3n) is 16.1. The van der Waals surface area contributed by atoms with Gasteiger partial charge in [-0.25, -0.2) is 29.0 Å². The molecule has 3 rings (SSSR count). The Balaban J connectivity index is 0.999. The number of amides is 3. The predicted molar refractivity (Wildman–Crippen MR) is 395 cm³/mol. The van der Waals surface area contributed by atoms with E-state index in [2.05, 4.69) is 276 Å². The zero-order valence-corrected chi connectivity index (χ0v) is 72.6. The highest BCUT2D eigenvalue weighted by Gasteiger charge is 2.27. The number of phosphoric ester groups is 1. The lowest BCUT2D eigenvalue weighted by atomic mass is 10.0. The molecule has 0 spiro atoms. The fraction of sp³-hybridized carbons (Fsp3) is 0.692. The van der Waals surface area contributed by atoms with Gasteiger partial charge in [-0.3, -0.25) is 38.0 Å². The normalized spacial score (nSPS) is 12.4. The van der Waals surface area contributed by atoms with E-state index in [1.54, 1.807) is 12.1 Å². The number of unbranched alkanes of at least 4 members (excludes halogenated alkanes) is 28. The standard InChI is InChI=1S/C65H106N9O59P/c1-3-5-7-9-11-13-15-17-19-21-23-25-27-29-31-33-57(76)86-49-54(91-58(77)34-32-30-28-26-24-22-20-18-16-14-12-10-8-6-4-2)50-90-134(83,84)89-44-42-68-65(82)85-45-46-88-93-95-97-99-101-103-105-107-109-111-113-115-117-119-121-123-125-127-129-131-133-132-130-128-126-124-122-120-118-116-114-112-110-108-106-104-102-100-98-96-94-92-87-43-41-67-56(75)40-39-55(63(80)81)72-61(78)51-35-37-52(38-36-51)69-47-53-48-70-60-59(71-53)62(79)74-64(66)73-60/h35-38,41,43,48,54-55,69H,3-34,39-40,42,44-47,49-50H2,1-2H3,(H,67,75)(H,68,82)(H,72,78)(H,80,81)(H,83,84)(H3,66,70,73,74,79)/b43-41+/t54-,55+/m1/s1. The van der Waals surface area contributed by atoms with Crippen LogP contribution in [0.3, 0.4) is 0 Å². The van der Waals surface area contributed by atoms with Gasteiger partial charge in [0, 0.05) is 215 Å². The quantitative estimate of drug-likeness (QED) is 0.00496. The van der Waals surface area contributed by atoms with Gasteiger partial charge < -0.3 is 56.1 Å². The predicted octanol–water partition coefficient (Wildman–Crippen LogP) is 9.37. The Bertz CT molecular complexity index is 3520. The average Bonchev–Trinajstić information content (AvgIpc) is 0.810. The summed E-state index contributed by atoms with van der Waals surface area (Å²) in [5.74, 6) is -4.05. The number of nitrogens with one attached hydrogen (secondary N) is 5. The number of carbonyl (C=O) groups is 6. The molecule has 1 unspecified atom stereocenters. The molecule has 69 heteroatoms. The Morgan fingerprint density at radius 3 is 1.28 bits per heavy atom. The molecule has 134 heavy (non-hydrogen) atoms. The van der Waals surface area contributed by atoms with Crippen LogP contribution in [0.15, 0.2) is 47.7 Å². The molecule has 68 nitrogen and oxygen atoms in total. The summed E-state index contributed by atoms with van der Waals surface area (Å²) in [6.45, 7) is 1.79. The first-order valence-corrected chi connectivity index (χ1v) is 42.1. The first kappa shape index (κ1) is 120. The van der Waals surface area contributed by atoms with Gasteiger partial charge >= 0.3 is 31.8 Å². The highest BCUT2D eigenvalue weighted by atomic mass is 31.2. The summed E-state index contributed by atoms with van der Waals surface area (Å²) in [4.78, 5) is 120. The van der Waals surface area contributed by atoms with Gasteiger partial charge in [-0.1, -0.05) is 194 Å². The number of hydrogen-bond donors (Lipinski definition) is 8. The van der Waals surface area contributed by atoms with Crippen molar-refractivity contribution in [3.8, 4) is 0 Å². The van der Waals surface area contributed by atoms with Crippen LogP contribution in [0.4, 0.5) is 16.4 Å². The average molecular weight is 1990 g/mol. The Labute approximate surface area is 754 Å². The number of fused-ring (bicyclic) bond motifs is 1. The number of alkyl carbamates (subject to hydrolysis) is 1. The number of aromatic nitrogens is 4. The van der Waals surface area contributed by atoms with Crippen LogP contribution >= 0.6 is 7.82 Å². The molecule has 1 aromatic carbocycles. The van der Waals surface area contributed by atoms with E-state index in [-0.39, 0.29) is 61.4 Å². The third-order valence-corrected chi connectivity index (χ3v) is 17.1. The molecule has 0 saturated carbocycles. The molecule has 0 radical (unpaired) electrons. The summed E-state index contributed by atoms with van der Waals surface area (Å²) in [6.07, 6.45) is 35.4. The second-order valence-electron chi connectivity index (χ2n) is 25.8. The number of rotatable bonds is 99. The van der Waals surface area contributed by atoms with Crippen LogP contribution in [0.5, 0.6) is 0 Å². The van der Waals surface area contributed by atoms with Crippen molar-refractivity contribution in [3.05, 3.63) is 64.5 Å². The van der Waals surface area contributed by atoms with Crippen LogP contribution in [0.25, 0.3) is 11.2 Å². The molecule has 0 aliphatic heterocycles. The molecule has 0 aliphatic carbocycles. The first-order chi connectivity index (χ1) is 65.6. The van der Waals surface area contributed by atoms with E-state index in [4.69, 9.17) is 29.0 Å². The van der Waals surface area contributed by atoms with Gasteiger partial charge in [-0.15, -0.1) is 0 Å². The van der Waals surface area contributed by atoms with Gasteiger partial charge in [-0.2, -0.15) is 4.98 Å². The van der Waals surface area contributed by atoms with Crippen LogP contribution in [0, 0.1) is 0 Å². The number of aliphatic carboxylic acids is 1. The van der Waals surface area contributed by atoms with Crippen LogP contribution < -0.4 is 32.6 Å². The van der Waals surface area contributed by atoms with E-state index in [1.807, 2.05) is 0 Å². The number of nitrogens with two attached hydrogens (primary N) is 1. The van der Waals surface area contributed by atoms with Gasteiger partial charge in [0.25, 0.3) is 11.5 Å². The molecule has 770 valence electrons. The Hall–Kier alpha value is -8.41. The van der Waals surface area contributed by atoms with Crippen molar-refractivity contribution < 1.29 is 288 Å². The highest BCUT2D eigenvalue weighted by molar-refractivity contribution is 7.47. The fourth-order valence-corrected chi connectivity index (χ4v) is 10.9. The number of benzene rings is 1. The SMILES string of the molecule is CCCCCCCCCCCCCCCCCC(=O)OC[C@H](COP(=O)(O)OCCNC(=O)OCCOOOOOOOOOOOOOOOOOOOOOOOOOOOOOOOOOOOOOOOOOOOO/C=C/NC(=O)CC[C@H](NC(=O)c1ccc(NCc2cnc3nc(N)[nH]c(=O)c3n2)cc1)C(=O)O)OC(=O)CCCCCCCCCCCCCCCCC. The van der Waals surface area contributed by atoms with Crippen LogP contribution in [-0.4, -0.2) is 117 Å². The largest absolute Gasteiger partial charge is 0.480 e. The minimum Gasteiger partial charge on any atom is -0.480 e. The van der Waals surface area contributed by atoms with Gasteiger partial charge in [0.2, 0.25) is 11.9 Å². The van der Waals surface area contributed by atoms with Gasteiger partial charge in [0.05, 0.1) is 31.6 Å². The third kappa shape index (κ3) is 73.8. The number of hydrogen-bond acceptors (Lipinski definition) is 62. The maximum absolute atomic E-state index is 12.9. The summed E-state index contributed by atoms with van der Waals surface area (Å²) < 4.78 is 38.5. The van der Waals surface area contributed by atoms with E-state index in [9.17, 15) is 48.1 Å². The topological polar surface area (TPSA) is 758 Å². The fourth-order valence-electron chi connectivity index (χ4n) is 10.2. The van der Waals surface area contributed by atoms with E-state index in [1.165, 1.54) is 147 Å². The highest BCUT2D eigenvalue weighted by Crippen LogP contribution is 2.43. The lowest BCUT2D eigenvalue weighted by Crippen LogP contribution is -2.41. The summed E-state index contributed by atoms with van der Waals surface area (Å²) in [7, 11) is -4.78. The Morgan fingerprint density at radius 1 is 0.463 bits per heavy atom. The molecule has 0 saturated heterocycles. The number of H-pyrrole nitrogens is 1. The number of nitrogen functional groups attached to an aromatic ring is 1. The minimum absolute atomic E-state index is 0.00710. The van der Waals surface area contributed by atoms with Crippen LogP contribution in [0.2, 0.25) is 0 Å². The van der Waals surface area contributed by atoms with Gasteiger partial charge in [0.15, 0.2) is 17.3 Å². The second kappa shape index (κ2) is 87.4. The lowest BCUT2D eigenvalue weighted by molar-refractivity contribution is -0.909. The maximum Gasteiger partial charge on any atom is 0.472 e. The lowest BCUT2D eigenvalue weighted by Gasteiger charge is -2.20. The van der Waals surface area contributed by atoms with Gasteiger partial charge in [0.1, 0.15) is 32.1 Å². The zero-order chi connectivity index (χ0) is 96.4. The number of esters is 2. The summed E-state index contributed by atoms with van der Waals surface area (Å²) >= 11 is 0. The molecule has 9 N–H and O–H groups in total. The Kier molecular flexibility index (Phi) is 78.1. The Morgan fingerprint density at radius 2 is 0.858 bits per heavy atom. The molecule has 3 amide bonds. The molecular formula is C65H106N9O59P. The van der Waals surface area contributed by atoms with Crippen molar-refractivity contribution >= 4 is 66.4 Å². The van der Waals surface area contributed by atoms with E-state index in [0.717, 1.165) is 57.6 Å². The summed E-state index contributed by atoms with van der Waals surface area (Å²) in [5, 5.41) is 172. The monoisotopic (exact) mass is 1990 g/mol. The van der Waals surface area contributed by atoms with Crippen LogP contribution in [-0.2, 0) is 275 Å². The van der Waals surface area contributed by atoms with Crippen molar-refractivity contribution in [2.24, 2.45) is 0 Å². The molecule has 3 aromatic rings. The van der Waals surface area contributed by atoms with E-state index in [0.29, 0.717) is 30.5 Å².